The Bertz CT molecular complexity index is 450. The van der Waals surface area contributed by atoms with Gasteiger partial charge in [0.1, 0.15) is 6.61 Å². The number of alkyl halides is 1. The van der Waals surface area contributed by atoms with Gasteiger partial charge in [0.05, 0.1) is 12.1 Å². The summed E-state index contributed by atoms with van der Waals surface area (Å²) in [5, 5.41) is 0. The molecule has 6 heteroatoms. The maximum atomic E-state index is 14.2. The lowest BCUT2D eigenvalue weighted by molar-refractivity contribution is -0.151. The summed E-state index contributed by atoms with van der Waals surface area (Å²) in [6.07, 6.45) is 2.84. The Hall–Kier alpha value is -1.43. The maximum Gasteiger partial charge on any atom is 0.260 e. The number of morpholine rings is 1. The summed E-state index contributed by atoms with van der Waals surface area (Å²) in [4.78, 5) is 27.3. The zero-order valence-electron chi connectivity index (χ0n) is 11.4. The molecule has 2 heterocycles. The number of rotatable bonds is 3. The van der Waals surface area contributed by atoms with Gasteiger partial charge in [0.25, 0.3) is 5.91 Å². The van der Waals surface area contributed by atoms with Crippen molar-refractivity contribution in [2.24, 2.45) is 0 Å². The number of hydrogen-bond acceptors (Lipinski definition) is 3. The monoisotopic (exact) mass is 282 g/mol. The molecule has 2 atom stereocenters. The Balaban J connectivity index is 1.72. The van der Waals surface area contributed by atoms with Crippen molar-refractivity contribution in [3.05, 3.63) is 12.7 Å². The van der Waals surface area contributed by atoms with Crippen molar-refractivity contribution >= 4 is 11.8 Å². The van der Waals surface area contributed by atoms with Gasteiger partial charge in [-0.25, -0.2) is 4.39 Å². The minimum absolute atomic E-state index is 0.0256. The van der Waals surface area contributed by atoms with Crippen molar-refractivity contribution in [2.75, 3.05) is 26.2 Å². The number of likely N-dealkylation sites (tertiary alicyclic amines) is 1. The molecular formula is C14H19FN2O3. The summed E-state index contributed by atoms with van der Waals surface area (Å²) >= 11 is 0. The van der Waals surface area contributed by atoms with Crippen LogP contribution in [0.2, 0.25) is 0 Å². The molecule has 0 aromatic rings. The Morgan fingerprint density at radius 3 is 2.85 bits per heavy atom. The van der Waals surface area contributed by atoms with Crippen LogP contribution < -0.4 is 0 Å². The zero-order chi connectivity index (χ0) is 14.3. The quantitative estimate of drug-likeness (QED) is 0.708. The van der Waals surface area contributed by atoms with Crippen LogP contribution in [0.5, 0.6) is 0 Å². The van der Waals surface area contributed by atoms with E-state index in [0.717, 1.165) is 6.42 Å². The van der Waals surface area contributed by atoms with Crippen LogP contribution in [0, 0.1) is 0 Å². The molecule has 1 saturated carbocycles. The maximum absolute atomic E-state index is 14.2. The molecule has 110 valence electrons. The number of carbonyl (C=O) groups is 2. The molecular weight excluding hydrogens is 263 g/mol. The van der Waals surface area contributed by atoms with E-state index in [1.54, 1.807) is 11.0 Å². The Kier molecular flexibility index (Phi) is 3.28. The predicted octanol–water partition coefficient (Wildman–Crippen LogP) is 0.503. The number of amides is 2. The second kappa shape index (κ2) is 4.84. The third-order valence-corrected chi connectivity index (χ3v) is 4.52. The fourth-order valence-electron chi connectivity index (χ4n) is 3.19. The van der Waals surface area contributed by atoms with Gasteiger partial charge in [0.2, 0.25) is 5.91 Å². The molecule has 0 spiro atoms. The van der Waals surface area contributed by atoms with Gasteiger partial charge in [-0.15, -0.1) is 6.58 Å². The molecule has 5 nitrogen and oxygen atoms in total. The van der Waals surface area contributed by atoms with E-state index < -0.39 is 11.6 Å². The van der Waals surface area contributed by atoms with E-state index in [9.17, 15) is 14.0 Å². The lowest BCUT2D eigenvalue weighted by Crippen LogP contribution is -2.54. The Morgan fingerprint density at radius 2 is 2.25 bits per heavy atom. The first-order valence-electron chi connectivity index (χ1n) is 7.05. The highest BCUT2D eigenvalue weighted by atomic mass is 19.1. The molecule has 0 aromatic carbocycles. The normalized spacial score (nSPS) is 31.8. The largest absolute Gasteiger partial charge is 0.364 e. The summed E-state index contributed by atoms with van der Waals surface area (Å²) < 4.78 is 19.7. The van der Waals surface area contributed by atoms with Gasteiger partial charge >= 0.3 is 0 Å². The number of nitrogens with zero attached hydrogens (tertiary/aromatic N) is 2. The fourth-order valence-corrected chi connectivity index (χ4v) is 3.19. The van der Waals surface area contributed by atoms with E-state index >= 15 is 0 Å². The third kappa shape index (κ3) is 2.02. The molecule has 3 rings (SSSR count). The molecule has 0 unspecified atom stereocenters. The molecule has 3 fully saturated rings. The van der Waals surface area contributed by atoms with Gasteiger partial charge < -0.3 is 14.5 Å². The van der Waals surface area contributed by atoms with E-state index in [4.69, 9.17) is 4.74 Å². The van der Waals surface area contributed by atoms with Crippen LogP contribution in [0.4, 0.5) is 4.39 Å². The molecule has 2 saturated heterocycles. The summed E-state index contributed by atoms with van der Waals surface area (Å²) in [6, 6.07) is -0.179. The smallest absolute Gasteiger partial charge is 0.260 e. The molecule has 2 amide bonds. The van der Waals surface area contributed by atoms with Gasteiger partial charge in [-0.05, 0) is 19.3 Å². The number of hydrogen-bond donors (Lipinski definition) is 0. The highest BCUT2D eigenvalue weighted by Gasteiger charge is 2.51. The topological polar surface area (TPSA) is 49.9 Å². The van der Waals surface area contributed by atoms with Gasteiger partial charge in [-0.3, -0.25) is 9.59 Å². The van der Waals surface area contributed by atoms with E-state index in [-0.39, 0.29) is 24.7 Å². The second-order valence-electron chi connectivity index (χ2n) is 5.78. The van der Waals surface area contributed by atoms with Crippen LogP contribution in [-0.4, -0.2) is 65.7 Å². The molecule has 0 N–H and O–H groups in total. The predicted molar refractivity (Wildman–Crippen MR) is 69.7 cm³/mol. The molecule has 1 aliphatic carbocycles. The first kappa shape index (κ1) is 13.5. The molecule has 20 heavy (non-hydrogen) atoms. The number of fused-ring (bicyclic) bond motifs is 1. The average Bonchev–Trinajstić information content (AvgIpc) is 2.83. The number of ether oxygens (including phenoxy) is 1. The number of halogens is 1. The van der Waals surface area contributed by atoms with Crippen LogP contribution in [0.25, 0.3) is 0 Å². The average molecular weight is 282 g/mol. The lowest BCUT2D eigenvalue weighted by atomic mass is 9.81. The summed E-state index contributed by atoms with van der Waals surface area (Å²) in [7, 11) is 0. The minimum atomic E-state index is -1.68. The van der Waals surface area contributed by atoms with Crippen LogP contribution in [0.15, 0.2) is 12.7 Å². The Morgan fingerprint density at radius 1 is 1.50 bits per heavy atom. The third-order valence-electron chi connectivity index (χ3n) is 4.52. The van der Waals surface area contributed by atoms with Gasteiger partial charge in [-0.2, -0.15) is 0 Å². The highest BCUT2D eigenvalue weighted by Crippen LogP contribution is 2.38. The summed E-state index contributed by atoms with van der Waals surface area (Å²) in [6.45, 7) is 4.83. The zero-order valence-corrected chi connectivity index (χ0v) is 11.4. The van der Waals surface area contributed by atoms with Gasteiger partial charge in [0.15, 0.2) is 5.67 Å². The molecule has 0 aromatic heterocycles. The van der Waals surface area contributed by atoms with Crippen LogP contribution in [0.3, 0.4) is 0 Å². The first-order valence-corrected chi connectivity index (χ1v) is 7.05. The lowest BCUT2D eigenvalue weighted by Gasteiger charge is -2.36. The molecule has 0 bridgehead atoms. The van der Waals surface area contributed by atoms with E-state index in [2.05, 4.69) is 6.58 Å². The van der Waals surface area contributed by atoms with Crippen molar-refractivity contribution in [3.8, 4) is 0 Å². The molecule has 2 aliphatic heterocycles. The fraction of sp³-hybridized carbons (Fsp3) is 0.714. The summed E-state index contributed by atoms with van der Waals surface area (Å²) in [5.41, 5.74) is -1.68. The first-order chi connectivity index (χ1) is 9.55. The Labute approximate surface area is 117 Å². The number of carbonyl (C=O) groups excluding carboxylic acids is 2. The van der Waals surface area contributed by atoms with Crippen molar-refractivity contribution in [1.82, 2.24) is 9.80 Å². The van der Waals surface area contributed by atoms with E-state index in [1.165, 1.54) is 4.90 Å². The van der Waals surface area contributed by atoms with E-state index in [1.807, 2.05) is 0 Å². The van der Waals surface area contributed by atoms with Gasteiger partial charge in [0, 0.05) is 19.6 Å². The van der Waals surface area contributed by atoms with Gasteiger partial charge in [-0.1, -0.05) is 6.08 Å². The van der Waals surface area contributed by atoms with Crippen molar-refractivity contribution < 1.29 is 18.7 Å². The summed E-state index contributed by atoms with van der Waals surface area (Å²) in [5.74, 6) is -0.535. The van der Waals surface area contributed by atoms with Crippen LogP contribution >= 0.6 is 0 Å². The highest BCUT2D eigenvalue weighted by molar-refractivity contribution is 5.87. The second-order valence-corrected chi connectivity index (χ2v) is 5.78. The standard InChI is InChI=1S/C14H19FN2O3/c1-2-6-17-10-7-16(8-11(10)20-9-12(17)18)13(19)14(15)4-3-5-14/h2,10-11H,1,3-9H2/t10-,11-/m1/s1. The molecule has 0 radical (unpaired) electrons. The van der Waals surface area contributed by atoms with Crippen molar-refractivity contribution in [2.45, 2.75) is 37.1 Å². The van der Waals surface area contributed by atoms with E-state index in [0.29, 0.717) is 32.5 Å². The minimum Gasteiger partial charge on any atom is -0.364 e. The SMILES string of the molecule is C=CCN1C(=O)CO[C@@H]2CN(C(=O)C3(F)CCC3)C[C@H]21. The van der Waals surface area contributed by atoms with Crippen molar-refractivity contribution in [1.29, 1.82) is 0 Å². The van der Waals surface area contributed by atoms with Crippen LogP contribution in [0.1, 0.15) is 19.3 Å². The molecule has 3 aliphatic rings. The van der Waals surface area contributed by atoms with Crippen molar-refractivity contribution in [3.63, 3.8) is 0 Å². The van der Waals surface area contributed by atoms with Crippen LogP contribution in [-0.2, 0) is 14.3 Å².